The van der Waals surface area contributed by atoms with Gasteiger partial charge in [-0.05, 0) is 35.7 Å². The molecule has 0 saturated carbocycles. The first-order valence-corrected chi connectivity index (χ1v) is 11.5. The minimum absolute atomic E-state index is 0.162. The van der Waals surface area contributed by atoms with Gasteiger partial charge in [-0.1, -0.05) is 60.5 Å². The molecule has 3 amide bonds. The minimum atomic E-state index is -1.03. The Kier molecular flexibility index (Phi) is 8.24. The smallest absolute Gasteiger partial charge is 0.266 e. The molecule has 0 aliphatic heterocycles. The quantitative estimate of drug-likeness (QED) is 0.222. The highest BCUT2D eigenvalue weighted by Crippen LogP contribution is 2.20. The molecule has 0 bridgehead atoms. The van der Waals surface area contributed by atoms with E-state index in [1.807, 2.05) is 38.1 Å². The Bertz CT molecular complexity index is 1150. The Morgan fingerprint density at radius 3 is 2.52 bits per heavy atom. The lowest BCUT2D eigenvalue weighted by Crippen LogP contribution is -2.56. The van der Waals surface area contributed by atoms with Crippen LogP contribution in [0.2, 0.25) is 0 Å². The number of H-pyrrole nitrogens is 1. The van der Waals surface area contributed by atoms with E-state index in [9.17, 15) is 19.6 Å². The Morgan fingerprint density at radius 1 is 1.06 bits per heavy atom. The average molecular weight is 515 g/mol. The number of para-hydroxylation sites is 1. The molecule has 5 N–H and O–H groups in total. The van der Waals surface area contributed by atoms with Crippen LogP contribution in [0.5, 0.6) is 0 Å². The minimum Gasteiger partial charge on any atom is -0.361 e. The highest BCUT2D eigenvalue weighted by Gasteiger charge is 2.30. The monoisotopic (exact) mass is 514 g/mol. The lowest BCUT2D eigenvalue weighted by Gasteiger charge is -2.26. The number of amides is 3. The Morgan fingerprint density at radius 2 is 1.82 bits per heavy atom. The second-order valence-electron chi connectivity index (χ2n) is 7.95. The lowest BCUT2D eigenvalue weighted by molar-refractivity contribution is -0.135. The number of nitrogens with one attached hydrogen (secondary N) is 4. The van der Waals surface area contributed by atoms with Crippen LogP contribution in [-0.2, 0) is 16.0 Å². The van der Waals surface area contributed by atoms with Crippen molar-refractivity contribution < 1.29 is 19.6 Å². The highest BCUT2D eigenvalue weighted by atomic mass is 79.9. The van der Waals surface area contributed by atoms with Crippen molar-refractivity contribution in [2.45, 2.75) is 38.8 Å². The Labute approximate surface area is 200 Å². The van der Waals surface area contributed by atoms with Crippen molar-refractivity contribution >= 4 is 44.6 Å². The van der Waals surface area contributed by atoms with Crippen LogP contribution in [0.4, 0.5) is 0 Å². The van der Waals surface area contributed by atoms with Gasteiger partial charge in [0.05, 0.1) is 0 Å². The highest BCUT2D eigenvalue weighted by molar-refractivity contribution is 9.10. The molecular weight excluding hydrogens is 488 g/mol. The maximum Gasteiger partial charge on any atom is 0.266 e. The molecule has 3 atom stereocenters. The molecule has 0 aliphatic carbocycles. The molecule has 1 aromatic heterocycles. The molecule has 3 aromatic rings. The summed E-state index contributed by atoms with van der Waals surface area (Å²) in [5, 5.41) is 15.7. The van der Waals surface area contributed by atoms with E-state index in [1.165, 1.54) is 0 Å². The van der Waals surface area contributed by atoms with Gasteiger partial charge in [0, 0.05) is 33.6 Å². The summed E-state index contributed by atoms with van der Waals surface area (Å²) < 4.78 is 0.748. The zero-order valence-corrected chi connectivity index (χ0v) is 20.0. The normalized spacial score (nSPS) is 13.7. The largest absolute Gasteiger partial charge is 0.361 e. The molecule has 0 unspecified atom stereocenters. The second-order valence-corrected chi connectivity index (χ2v) is 8.86. The van der Waals surface area contributed by atoms with Crippen LogP contribution >= 0.6 is 15.9 Å². The van der Waals surface area contributed by atoms with Crippen LogP contribution in [-0.4, -0.2) is 40.0 Å². The molecule has 0 fully saturated rings. The van der Waals surface area contributed by atoms with Gasteiger partial charge >= 0.3 is 0 Å². The molecule has 0 aliphatic rings. The number of hydroxylamine groups is 1. The predicted octanol–water partition coefficient (Wildman–Crippen LogP) is 3.31. The molecular formula is C24H27BrN4O4. The van der Waals surface area contributed by atoms with E-state index < -0.39 is 29.8 Å². The third kappa shape index (κ3) is 6.00. The molecule has 174 valence electrons. The van der Waals surface area contributed by atoms with Crippen LogP contribution in [0.3, 0.4) is 0 Å². The van der Waals surface area contributed by atoms with Crippen LogP contribution < -0.4 is 16.1 Å². The maximum absolute atomic E-state index is 13.2. The van der Waals surface area contributed by atoms with Gasteiger partial charge in [-0.25, -0.2) is 5.48 Å². The first kappa shape index (κ1) is 24.5. The van der Waals surface area contributed by atoms with E-state index in [0.717, 1.165) is 20.9 Å². The fourth-order valence-electron chi connectivity index (χ4n) is 3.63. The fourth-order valence-corrected chi connectivity index (χ4v) is 4.02. The number of aromatic amines is 1. The number of carbonyl (C=O) groups excluding carboxylic acids is 3. The van der Waals surface area contributed by atoms with E-state index in [1.54, 1.807) is 35.9 Å². The molecule has 2 aromatic carbocycles. The van der Waals surface area contributed by atoms with Gasteiger partial charge in [-0.2, -0.15) is 0 Å². The van der Waals surface area contributed by atoms with Gasteiger partial charge in [0.25, 0.3) is 11.8 Å². The van der Waals surface area contributed by atoms with E-state index in [-0.39, 0.29) is 12.3 Å². The molecule has 9 heteroatoms. The first-order valence-electron chi connectivity index (χ1n) is 10.7. The number of rotatable bonds is 9. The number of hydrogen-bond donors (Lipinski definition) is 5. The lowest BCUT2D eigenvalue weighted by atomic mass is 9.96. The predicted molar refractivity (Wildman–Crippen MR) is 129 cm³/mol. The summed E-state index contributed by atoms with van der Waals surface area (Å²) in [6.45, 7) is 3.77. The summed E-state index contributed by atoms with van der Waals surface area (Å²) in [4.78, 5) is 41.5. The molecule has 8 nitrogen and oxygen atoms in total. The van der Waals surface area contributed by atoms with Crippen LogP contribution in [0.15, 0.2) is 59.2 Å². The van der Waals surface area contributed by atoms with E-state index in [4.69, 9.17) is 0 Å². The Hall–Kier alpha value is -3.17. The summed E-state index contributed by atoms with van der Waals surface area (Å²) in [7, 11) is 0. The van der Waals surface area contributed by atoms with E-state index in [2.05, 4.69) is 31.5 Å². The number of hydrogen-bond acceptors (Lipinski definition) is 4. The van der Waals surface area contributed by atoms with Crippen molar-refractivity contribution in [1.82, 2.24) is 21.1 Å². The van der Waals surface area contributed by atoms with Crippen LogP contribution in [0.1, 0.15) is 36.2 Å². The molecule has 0 radical (unpaired) electrons. The summed E-state index contributed by atoms with van der Waals surface area (Å²) in [5.41, 5.74) is 3.76. The molecule has 0 spiro atoms. The van der Waals surface area contributed by atoms with Crippen LogP contribution in [0, 0.1) is 5.92 Å². The second kappa shape index (κ2) is 11.1. The van der Waals surface area contributed by atoms with Crippen molar-refractivity contribution in [3.8, 4) is 0 Å². The Balaban J connectivity index is 1.79. The first-order chi connectivity index (χ1) is 15.8. The number of fused-ring (bicyclic) bond motifs is 1. The number of carbonyl (C=O) groups is 3. The summed E-state index contributed by atoms with van der Waals surface area (Å²) in [6, 6.07) is 12.6. The fraction of sp³-hybridized carbons (Fsp3) is 0.292. The van der Waals surface area contributed by atoms with Crippen molar-refractivity contribution in [2.24, 2.45) is 5.92 Å². The molecule has 1 heterocycles. The topological polar surface area (TPSA) is 123 Å². The van der Waals surface area contributed by atoms with Gasteiger partial charge in [-0.15, -0.1) is 0 Å². The van der Waals surface area contributed by atoms with E-state index in [0.29, 0.717) is 12.0 Å². The maximum atomic E-state index is 13.2. The van der Waals surface area contributed by atoms with E-state index >= 15 is 0 Å². The summed E-state index contributed by atoms with van der Waals surface area (Å²) in [5.74, 6) is -1.82. The van der Waals surface area contributed by atoms with Gasteiger partial charge in [-0.3, -0.25) is 19.6 Å². The van der Waals surface area contributed by atoms with Crippen LogP contribution in [0.25, 0.3) is 10.9 Å². The van der Waals surface area contributed by atoms with Crippen molar-refractivity contribution in [1.29, 1.82) is 0 Å². The summed E-state index contributed by atoms with van der Waals surface area (Å²) in [6.07, 6.45) is 2.57. The average Bonchev–Trinajstić information content (AvgIpc) is 3.23. The van der Waals surface area contributed by atoms with Gasteiger partial charge in [0.15, 0.2) is 0 Å². The molecule has 3 rings (SSSR count). The number of halogens is 1. The standard InChI is InChI=1S/C24H27BrN4O4/c1-3-14(2)21(28-22(30)15-7-6-8-17(25)11-15)24(32)27-20(23(31)29-33)12-16-13-26-19-10-5-4-9-18(16)19/h4-11,13-14,20-21,26,33H,3,12H2,1-2H3,(H,27,32)(H,28,30)(H,29,31)/t14-,20-,21-/m0/s1. The third-order valence-corrected chi connectivity index (χ3v) is 6.20. The van der Waals surface area contributed by atoms with Gasteiger partial charge < -0.3 is 15.6 Å². The number of aromatic nitrogens is 1. The van der Waals surface area contributed by atoms with Crippen molar-refractivity contribution in [2.75, 3.05) is 0 Å². The third-order valence-electron chi connectivity index (χ3n) is 5.71. The number of benzene rings is 2. The zero-order chi connectivity index (χ0) is 24.0. The van der Waals surface area contributed by atoms with Crippen molar-refractivity contribution in [3.05, 3.63) is 70.3 Å². The molecule has 33 heavy (non-hydrogen) atoms. The summed E-state index contributed by atoms with van der Waals surface area (Å²) >= 11 is 3.34. The van der Waals surface area contributed by atoms with Gasteiger partial charge in [0.1, 0.15) is 12.1 Å². The SMILES string of the molecule is CC[C@H](C)[C@H](NC(=O)c1cccc(Br)c1)C(=O)N[C@@H](Cc1c[nH]c2ccccc12)C(=O)NO. The van der Waals surface area contributed by atoms with Crippen molar-refractivity contribution in [3.63, 3.8) is 0 Å². The van der Waals surface area contributed by atoms with Gasteiger partial charge in [0.2, 0.25) is 5.91 Å². The zero-order valence-electron chi connectivity index (χ0n) is 18.4. The molecule has 0 saturated heterocycles.